The van der Waals surface area contributed by atoms with E-state index in [4.69, 9.17) is 13.9 Å². The molecule has 1 N–H and O–H groups in total. The van der Waals surface area contributed by atoms with Crippen LogP contribution in [0.15, 0.2) is 95.7 Å². The van der Waals surface area contributed by atoms with Gasteiger partial charge in [0.15, 0.2) is 5.82 Å². The number of methoxy groups -OCH3 is 1. The Labute approximate surface area is 196 Å². The number of nitrogens with zero attached hydrogens (tertiary/aromatic N) is 4. The first kappa shape index (κ1) is 21.1. The average molecular weight is 451 g/mol. The van der Waals surface area contributed by atoms with Crippen molar-refractivity contribution >= 4 is 11.6 Å². The Hall–Kier alpha value is -4.72. The van der Waals surface area contributed by atoms with E-state index in [-0.39, 0.29) is 6.01 Å². The van der Waals surface area contributed by atoms with E-state index in [9.17, 15) is 0 Å². The Kier molecular flexibility index (Phi) is 6.11. The van der Waals surface area contributed by atoms with Crippen LogP contribution in [0.5, 0.6) is 11.8 Å². The van der Waals surface area contributed by atoms with E-state index < -0.39 is 0 Å². The summed E-state index contributed by atoms with van der Waals surface area (Å²) in [5.41, 5.74) is 3.34. The minimum absolute atomic E-state index is 0.226. The molecule has 0 bridgehead atoms. The highest BCUT2D eigenvalue weighted by atomic mass is 16.5. The summed E-state index contributed by atoms with van der Waals surface area (Å²) in [6.45, 7) is 0.344. The predicted molar refractivity (Wildman–Crippen MR) is 128 cm³/mol. The van der Waals surface area contributed by atoms with Crippen molar-refractivity contribution in [3.63, 3.8) is 0 Å². The van der Waals surface area contributed by atoms with E-state index in [1.165, 1.54) is 6.26 Å². The summed E-state index contributed by atoms with van der Waals surface area (Å²) >= 11 is 0. The van der Waals surface area contributed by atoms with Crippen molar-refractivity contribution in [2.75, 3.05) is 12.4 Å². The molecule has 0 radical (unpaired) electrons. The van der Waals surface area contributed by atoms with Gasteiger partial charge in [0.05, 0.1) is 18.9 Å². The van der Waals surface area contributed by atoms with Crippen molar-refractivity contribution in [2.45, 2.75) is 6.61 Å². The molecular formula is C26H21N5O3. The zero-order valence-corrected chi connectivity index (χ0v) is 18.4. The summed E-state index contributed by atoms with van der Waals surface area (Å²) in [6, 6.07) is 25.3. The van der Waals surface area contributed by atoms with Crippen LogP contribution in [0.3, 0.4) is 0 Å². The molecule has 0 unspecified atom stereocenters. The predicted octanol–water partition coefficient (Wildman–Crippen LogP) is 5.52. The first-order chi connectivity index (χ1) is 16.8. The highest BCUT2D eigenvalue weighted by molar-refractivity contribution is 5.69. The molecule has 8 heteroatoms. The molecule has 0 saturated carbocycles. The second-order valence-electron chi connectivity index (χ2n) is 7.28. The third-order valence-electron chi connectivity index (χ3n) is 4.98. The van der Waals surface area contributed by atoms with Crippen LogP contribution in [0.4, 0.5) is 11.6 Å². The van der Waals surface area contributed by atoms with Gasteiger partial charge in [-0.05, 0) is 17.7 Å². The summed E-state index contributed by atoms with van der Waals surface area (Å²) in [6.07, 6.45) is 3.11. The number of hydrogen-bond donors (Lipinski definition) is 1. The molecule has 0 aliphatic carbocycles. The van der Waals surface area contributed by atoms with Gasteiger partial charge in [0, 0.05) is 17.3 Å². The fourth-order valence-electron chi connectivity index (χ4n) is 3.35. The van der Waals surface area contributed by atoms with Gasteiger partial charge in [0.2, 0.25) is 11.8 Å². The number of benzene rings is 3. The maximum absolute atomic E-state index is 5.90. The fraction of sp³-hybridized carbons (Fsp3) is 0.0769. The number of rotatable bonds is 8. The first-order valence-corrected chi connectivity index (χ1v) is 10.6. The Balaban J connectivity index is 1.45. The number of anilines is 2. The molecule has 3 aromatic carbocycles. The number of ether oxygens (including phenoxy) is 2. The lowest BCUT2D eigenvalue weighted by atomic mass is 10.2. The number of oxazole rings is 1. The van der Waals surface area contributed by atoms with E-state index in [1.54, 1.807) is 13.3 Å². The van der Waals surface area contributed by atoms with Gasteiger partial charge in [-0.1, -0.05) is 60.7 Å². The minimum atomic E-state index is 0.226. The lowest BCUT2D eigenvalue weighted by molar-refractivity contribution is 0.280. The summed E-state index contributed by atoms with van der Waals surface area (Å²) in [5.74, 6) is 1.93. The van der Waals surface area contributed by atoms with Gasteiger partial charge in [-0.3, -0.25) is 0 Å². The lowest BCUT2D eigenvalue weighted by Gasteiger charge is -2.12. The smallest absolute Gasteiger partial charge is 0.322 e. The normalized spacial score (nSPS) is 10.6. The van der Waals surface area contributed by atoms with Crippen molar-refractivity contribution in [1.29, 1.82) is 0 Å². The molecule has 0 fully saturated rings. The SMILES string of the molecule is COc1cc(Nc2nc(OCc3ccccc3)nc(-c3ccccc3)n2)ccc1-c1ncco1. The first-order valence-electron chi connectivity index (χ1n) is 10.6. The van der Waals surface area contributed by atoms with Crippen LogP contribution in [-0.4, -0.2) is 27.0 Å². The maximum Gasteiger partial charge on any atom is 0.322 e. The van der Waals surface area contributed by atoms with Gasteiger partial charge < -0.3 is 19.2 Å². The zero-order valence-electron chi connectivity index (χ0n) is 18.4. The summed E-state index contributed by atoms with van der Waals surface area (Å²) < 4.78 is 16.8. The average Bonchev–Trinajstić information content (AvgIpc) is 3.43. The molecule has 0 aliphatic heterocycles. The van der Waals surface area contributed by atoms with Gasteiger partial charge in [0.1, 0.15) is 18.6 Å². The van der Waals surface area contributed by atoms with Crippen molar-refractivity contribution in [1.82, 2.24) is 19.9 Å². The molecule has 5 aromatic rings. The molecule has 34 heavy (non-hydrogen) atoms. The van der Waals surface area contributed by atoms with Crippen LogP contribution >= 0.6 is 0 Å². The van der Waals surface area contributed by atoms with Crippen molar-refractivity contribution < 1.29 is 13.9 Å². The third-order valence-corrected chi connectivity index (χ3v) is 4.98. The molecule has 2 heterocycles. The summed E-state index contributed by atoms with van der Waals surface area (Å²) in [7, 11) is 1.59. The number of nitrogens with one attached hydrogen (secondary N) is 1. The van der Waals surface area contributed by atoms with Crippen LogP contribution in [0.25, 0.3) is 22.8 Å². The van der Waals surface area contributed by atoms with Crippen LogP contribution < -0.4 is 14.8 Å². The van der Waals surface area contributed by atoms with Gasteiger partial charge in [0.25, 0.3) is 0 Å². The minimum Gasteiger partial charge on any atom is -0.496 e. The standard InChI is InChI=1S/C26H21N5O3/c1-32-22-16-20(12-13-21(22)24-27-14-15-33-24)28-25-29-23(19-10-6-3-7-11-19)30-26(31-25)34-17-18-8-4-2-5-9-18/h2-16H,17H2,1H3,(H,28,29,30,31). The van der Waals surface area contributed by atoms with Gasteiger partial charge >= 0.3 is 6.01 Å². The molecule has 0 amide bonds. The van der Waals surface area contributed by atoms with Crippen LogP contribution in [0.1, 0.15) is 5.56 Å². The molecular weight excluding hydrogens is 430 g/mol. The molecule has 2 aromatic heterocycles. The molecule has 0 spiro atoms. The highest BCUT2D eigenvalue weighted by Crippen LogP contribution is 2.32. The molecule has 0 aliphatic rings. The summed E-state index contributed by atoms with van der Waals surface area (Å²) in [5, 5.41) is 3.23. The maximum atomic E-state index is 5.90. The van der Waals surface area contributed by atoms with Crippen LogP contribution in [0.2, 0.25) is 0 Å². The lowest BCUT2D eigenvalue weighted by Crippen LogP contribution is -2.06. The van der Waals surface area contributed by atoms with Gasteiger partial charge in [-0.15, -0.1) is 0 Å². The third kappa shape index (κ3) is 4.86. The van der Waals surface area contributed by atoms with Crippen molar-refractivity contribution in [3.8, 4) is 34.6 Å². The van der Waals surface area contributed by atoms with E-state index in [1.807, 2.05) is 78.9 Å². The Bertz CT molecular complexity index is 1360. The number of aromatic nitrogens is 4. The molecule has 0 atom stereocenters. The van der Waals surface area contributed by atoms with E-state index in [0.717, 1.165) is 22.4 Å². The Morgan fingerprint density at radius 1 is 0.882 bits per heavy atom. The topological polar surface area (TPSA) is 95.2 Å². The number of hydrogen-bond acceptors (Lipinski definition) is 8. The fourth-order valence-corrected chi connectivity index (χ4v) is 3.35. The monoisotopic (exact) mass is 451 g/mol. The highest BCUT2D eigenvalue weighted by Gasteiger charge is 2.14. The van der Waals surface area contributed by atoms with Crippen LogP contribution in [0, 0.1) is 0 Å². The van der Waals surface area contributed by atoms with E-state index in [0.29, 0.717) is 30.0 Å². The van der Waals surface area contributed by atoms with Crippen molar-refractivity contribution in [3.05, 3.63) is 96.9 Å². The van der Waals surface area contributed by atoms with Crippen molar-refractivity contribution in [2.24, 2.45) is 0 Å². The second kappa shape index (κ2) is 9.83. The summed E-state index contributed by atoms with van der Waals surface area (Å²) in [4.78, 5) is 17.8. The second-order valence-corrected chi connectivity index (χ2v) is 7.28. The molecule has 5 rings (SSSR count). The van der Waals surface area contributed by atoms with E-state index in [2.05, 4.69) is 25.3 Å². The van der Waals surface area contributed by atoms with Gasteiger partial charge in [-0.2, -0.15) is 15.0 Å². The van der Waals surface area contributed by atoms with Gasteiger partial charge in [-0.25, -0.2) is 4.98 Å². The largest absolute Gasteiger partial charge is 0.496 e. The van der Waals surface area contributed by atoms with Crippen LogP contribution in [-0.2, 0) is 6.61 Å². The Morgan fingerprint density at radius 3 is 2.41 bits per heavy atom. The Morgan fingerprint density at radius 2 is 1.68 bits per heavy atom. The molecule has 8 nitrogen and oxygen atoms in total. The zero-order chi connectivity index (χ0) is 23.2. The molecule has 0 saturated heterocycles. The quantitative estimate of drug-likeness (QED) is 0.329. The molecule has 168 valence electrons. The van der Waals surface area contributed by atoms with E-state index >= 15 is 0 Å².